The first-order chi connectivity index (χ1) is 13.6. The van der Waals surface area contributed by atoms with E-state index in [1.165, 1.54) is 6.33 Å². The number of hydrogen-bond acceptors (Lipinski definition) is 8. The zero-order chi connectivity index (χ0) is 21.2. The number of aromatic nitrogens is 2. The van der Waals surface area contributed by atoms with Crippen molar-refractivity contribution in [1.29, 1.82) is 5.41 Å². The van der Waals surface area contributed by atoms with Crippen molar-refractivity contribution in [3.8, 4) is 0 Å². The SMILES string of the molecule is CC(C)(C)OC(=O)N1CCC(=Nc2ncnc(N)c2C(=N)c2ccc(N)cc2)C1. The van der Waals surface area contributed by atoms with Gasteiger partial charge < -0.3 is 21.1 Å². The highest BCUT2D eigenvalue weighted by Gasteiger charge is 2.28. The summed E-state index contributed by atoms with van der Waals surface area (Å²) in [5.74, 6) is 0.475. The molecule has 2 heterocycles. The van der Waals surface area contributed by atoms with Gasteiger partial charge in [0.1, 0.15) is 17.7 Å². The normalized spacial score (nSPS) is 15.6. The molecule has 2 aromatic rings. The summed E-state index contributed by atoms with van der Waals surface area (Å²) in [6, 6.07) is 6.90. The molecule has 0 saturated carbocycles. The van der Waals surface area contributed by atoms with Crippen molar-refractivity contribution < 1.29 is 9.53 Å². The first-order valence-corrected chi connectivity index (χ1v) is 9.24. The Hall–Kier alpha value is -3.49. The molecule has 1 aliphatic heterocycles. The molecule has 1 fully saturated rings. The average molecular weight is 395 g/mol. The molecule has 29 heavy (non-hydrogen) atoms. The number of nitrogens with one attached hydrogen (secondary N) is 1. The minimum atomic E-state index is -0.556. The average Bonchev–Trinajstić information content (AvgIpc) is 3.09. The Morgan fingerprint density at radius 3 is 2.55 bits per heavy atom. The van der Waals surface area contributed by atoms with Crippen molar-refractivity contribution in [3.05, 3.63) is 41.7 Å². The van der Waals surface area contributed by atoms with Gasteiger partial charge in [-0.15, -0.1) is 0 Å². The fourth-order valence-corrected chi connectivity index (χ4v) is 2.87. The van der Waals surface area contributed by atoms with Gasteiger partial charge in [-0.3, -0.25) is 5.41 Å². The van der Waals surface area contributed by atoms with E-state index >= 15 is 0 Å². The van der Waals surface area contributed by atoms with Crippen LogP contribution in [0.15, 0.2) is 35.6 Å². The standard InChI is InChI=1S/C20H25N7O2/c1-20(2,3)29-19(28)27-9-8-14(10-27)26-18-15(17(23)24-11-25-18)16(22)12-4-6-13(21)7-5-12/h4-7,11,22H,8-10,21H2,1-3H3,(H2,23,24,25). The van der Waals surface area contributed by atoms with Crippen LogP contribution in [-0.2, 0) is 4.74 Å². The molecule has 9 nitrogen and oxygen atoms in total. The van der Waals surface area contributed by atoms with Crippen LogP contribution in [0.3, 0.4) is 0 Å². The lowest BCUT2D eigenvalue weighted by molar-refractivity contribution is 0.0302. The highest BCUT2D eigenvalue weighted by Crippen LogP contribution is 2.26. The molecular formula is C20H25N7O2. The summed E-state index contributed by atoms with van der Waals surface area (Å²) >= 11 is 0. The van der Waals surface area contributed by atoms with E-state index in [9.17, 15) is 4.79 Å². The summed E-state index contributed by atoms with van der Waals surface area (Å²) in [7, 11) is 0. The molecule has 1 aromatic carbocycles. The van der Waals surface area contributed by atoms with E-state index in [1.807, 2.05) is 20.8 Å². The van der Waals surface area contributed by atoms with Crippen LogP contribution in [0.1, 0.15) is 38.3 Å². The number of aliphatic imine (C=N–C) groups is 1. The lowest BCUT2D eigenvalue weighted by Crippen LogP contribution is -2.35. The highest BCUT2D eigenvalue weighted by atomic mass is 16.6. The van der Waals surface area contributed by atoms with Crippen molar-refractivity contribution in [3.63, 3.8) is 0 Å². The summed E-state index contributed by atoms with van der Waals surface area (Å²) in [6.07, 6.45) is 1.53. The van der Waals surface area contributed by atoms with Gasteiger partial charge in [0.15, 0.2) is 5.82 Å². The number of carbonyl (C=O) groups is 1. The van der Waals surface area contributed by atoms with Crippen LogP contribution in [0.25, 0.3) is 0 Å². The molecule has 0 radical (unpaired) electrons. The Morgan fingerprint density at radius 2 is 1.90 bits per heavy atom. The lowest BCUT2D eigenvalue weighted by Gasteiger charge is -2.23. The van der Waals surface area contributed by atoms with Crippen molar-refractivity contribution in [1.82, 2.24) is 14.9 Å². The van der Waals surface area contributed by atoms with Crippen LogP contribution in [-0.4, -0.2) is 51.1 Å². The maximum absolute atomic E-state index is 12.3. The molecule has 0 atom stereocenters. The van der Waals surface area contributed by atoms with Gasteiger partial charge in [0.25, 0.3) is 0 Å². The topological polar surface area (TPSA) is 144 Å². The molecule has 1 aromatic heterocycles. The number of carbonyl (C=O) groups excluding carboxylic acids is 1. The second kappa shape index (κ2) is 7.86. The third kappa shape index (κ3) is 4.87. The molecule has 1 saturated heterocycles. The van der Waals surface area contributed by atoms with Gasteiger partial charge in [-0.1, -0.05) is 12.1 Å². The maximum Gasteiger partial charge on any atom is 0.410 e. The second-order valence-corrected chi connectivity index (χ2v) is 7.78. The van der Waals surface area contributed by atoms with E-state index in [0.717, 1.165) is 5.71 Å². The number of nitrogens with zero attached hydrogens (tertiary/aromatic N) is 4. The number of anilines is 2. The Bertz CT molecular complexity index is 962. The third-order valence-electron chi connectivity index (χ3n) is 4.27. The molecular weight excluding hydrogens is 370 g/mol. The second-order valence-electron chi connectivity index (χ2n) is 7.78. The molecule has 152 valence electrons. The number of nitrogen functional groups attached to an aromatic ring is 2. The van der Waals surface area contributed by atoms with Crippen LogP contribution in [0.2, 0.25) is 0 Å². The molecule has 3 rings (SSSR count). The quantitative estimate of drug-likeness (QED) is 0.538. The first kappa shape index (κ1) is 20.2. The summed E-state index contributed by atoms with van der Waals surface area (Å²) < 4.78 is 5.41. The Balaban J connectivity index is 1.85. The van der Waals surface area contributed by atoms with Crippen molar-refractivity contribution in [2.45, 2.75) is 32.8 Å². The number of likely N-dealkylation sites (tertiary alicyclic amines) is 1. The number of nitrogens with two attached hydrogens (primary N) is 2. The summed E-state index contributed by atoms with van der Waals surface area (Å²) in [4.78, 5) is 26.7. The molecule has 0 aliphatic carbocycles. The number of amides is 1. The predicted molar refractivity (Wildman–Crippen MR) is 113 cm³/mol. The number of hydrogen-bond donors (Lipinski definition) is 3. The van der Waals surface area contributed by atoms with Gasteiger partial charge in [0.05, 0.1) is 17.8 Å². The van der Waals surface area contributed by atoms with E-state index in [-0.39, 0.29) is 17.6 Å². The minimum Gasteiger partial charge on any atom is -0.444 e. The minimum absolute atomic E-state index is 0.157. The number of benzene rings is 1. The Kier molecular flexibility index (Phi) is 5.49. The van der Waals surface area contributed by atoms with Crippen molar-refractivity contribution >= 4 is 34.8 Å². The van der Waals surface area contributed by atoms with Crippen LogP contribution in [0, 0.1) is 5.41 Å². The largest absolute Gasteiger partial charge is 0.444 e. The lowest BCUT2D eigenvalue weighted by atomic mass is 10.0. The van der Waals surface area contributed by atoms with Crippen LogP contribution in [0.4, 0.5) is 22.1 Å². The smallest absolute Gasteiger partial charge is 0.410 e. The highest BCUT2D eigenvalue weighted by molar-refractivity contribution is 6.16. The van der Waals surface area contributed by atoms with E-state index in [2.05, 4.69) is 15.0 Å². The predicted octanol–water partition coefficient (Wildman–Crippen LogP) is 2.77. The fraction of sp³-hybridized carbons (Fsp3) is 0.350. The molecule has 1 aliphatic rings. The van der Waals surface area contributed by atoms with Crippen molar-refractivity contribution in [2.24, 2.45) is 4.99 Å². The third-order valence-corrected chi connectivity index (χ3v) is 4.27. The molecule has 0 bridgehead atoms. The zero-order valence-corrected chi connectivity index (χ0v) is 16.8. The molecule has 9 heteroatoms. The van der Waals surface area contributed by atoms with Crippen molar-refractivity contribution in [2.75, 3.05) is 24.6 Å². The van der Waals surface area contributed by atoms with E-state index in [0.29, 0.717) is 42.1 Å². The first-order valence-electron chi connectivity index (χ1n) is 9.24. The number of ether oxygens (including phenoxy) is 1. The summed E-state index contributed by atoms with van der Waals surface area (Å²) in [6.45, 7) is 6.34. The monoisotopic (exact) mass is 395 g/mol. The van der Waals surface area contributed by atoms with E-state index in [1.54, 1.807) is 29.2 Å². The van der Waals surface area contributed by atoms with Gasteiger partial charge in [-0.25, -0.2) is 19.8 Å². The molecule has 0 unspecified atom stereocenters. The zero-order valence-electron chi connectivity index (χ0n) is 16.8. The number of rotatable bonds is 3. The van der Waals surface area contributed by atoms with Crippen LogP contribution in [0.5, 0.6) is 0 Å². The summed E-state index contributed by atoms with van der Waals surface area (Å²) in [5.41, 5.74) is 13.7. The van der Waals surface area contributed by atoms with Gasteiger partial charge in [0, 0.05) is 29.9 Å². The fourth-order valence-electron chi connectivity index (χ4n) is 2.87. The van der Waals surface area contributed by atoms with Gasteiger partial charge in [-0.2, -0.15) is 0 Å². The maximum atomic E-state index is 12.3. The van der Waals surface area contributed by atoms with Gasteiger partial charge in [-0.05, 0) is 32.9 Å². The molecule has 0 spiro atoms. The Morgan fingerprint density at radius 1 is 1.21 bits per heavy atom. The van der Waals surface area contributed by atoms with Crippen LogP contribution < -0.4 is 11.5 Å². The van der Waals surface area contributed by atoms with Gasteiger partial charge in [0.2, 0.25) is 0 Å². The molecule has 5 N–H and O–H groups in total. The Labute approximate surface area is 169 Å². The molecule has 1 amide bonds. The van der Waals surface area contributed by atoms with Crippen LogP contribution >= 0.6 is 0 Å². The van der Waals surface area contributed by atoms with E-state index in [4.69, 9.17) is 21.6 Å². The van der Waals surface area contributed by atoms with E-state index < -0.39 is 5.60 Å². The summed E-state index contributed by atoms with van der Waals surface area (Å²) in [5, 5.41) is 8.55. The van der Waals surface area contributed by atoms with Gasteiger partial charge >= 0.3 is 6.09 Å².